The number of allylic oxidation sites excluding steroid dienone is 1. The number of carbonyl (C=O) groups excluding carboxylic acids is 1. The average molecular weight is 506 g/mol. The molecule has 0 aliphatic carbocycles. The van der Waals surface area contributed by atoms with Crippen LogP contribution in [0.25, 0.3) is 11.1 Å². The minimum atomic E-state index is -0.664. The molecule has 5 N–H and O–H groups in total. The van der Waals surface area contributed by atoms with Crippen LogP contribution in [-0.2, 0) is 11.2 Å². The molecule has 1 unspecified atom stereocenters. The maximum absolute atomic E-state index is 13.3. The van der Waals surface area contributed by atoms with Crippen molar-refractivity contribution in [1.82, 2.24) is 15.6 Å². The third-order valence-electron chi connectivity index (χ3n) is 5.75. The van der Waals surface area contributed by atoms with Gasteiger partial charge in [0.1, 0.15) is 11.6 Å². The number of amides is 1. The Kier molecular flexibility index (Phi) is 7.70. The van der Waals surface area contributed by atoms with Crippen LogP contribution < -0.4 is 21.7 Å². The van der Waals surface area contributed by atoms with Gasteiger partial charge >= 0.3 is 6.01 Å². The highest BCUT2D eigenvalue weighted by Gasteiger charge is 2.31. The van der Waals surface area contributed by atoms with Crippen molar-refractivity contribution < 1.29 is 9.21 Å². The smallest absolute Gasteiger partial charge is 0.302 e. The number of hydrogen-bond acceptors (Lipinski definition) is 8. The minimum absolute atomic E-state index is 0.218. The zero-order valence-electron chi connectivity index (χ0n) is 20.3. The standard InChI is InChI=1S/C26H28ClN7O2/c1-4-17-8-7-11-20-23(17)36-26(32-20)34-25-31-15(2)21(24(35)30-14-16(12-28)13-29-3)22(33-25)18-9-5-6-10-19(18)27/h5-13,22H,4,14,28H2,1-3H3,(H,30,35)(H2,31,32,33,34)/b16-12+,29-13?. The van der Waals surface area contributed by atoms with Crippen molar-refractivity contribution in [1.29, 1.82) is 0 Å². The number of halogens is 1. The first-order valence-corrected chi connectivity index (χ1v) is 11.9. The van der Waals surface area contributed by atoms with Crippen molar-refractivity contribution in [2.45, 2.75) is 26.3 Å². The number of anilines is 1. The molecule has 1 atom stereocenters. The van der Waals surface area contributed by atoms with E-state index in [0.717, 1.165) is 23.1 Å². The molecule has 186 valence electrons. The number of aromatic nitrogens is 1. The number of aliphatic imine (C=N–C) groups is 2. The number of para-hydroxylation sites is 1. The molecule has 3 aromatic rings. The number of oxazole rings is 1. The molecular formula is C26H28ClN7O2. The van der Waals surface area contributed by atoms with Crippen molar-refractivity contribution in [3.8, 4) is 0 Å². The van der Waals surface area contributed by atoms with E-state index in [9.17, 15) is 4.79 Å². The number of nitrogens with one attached hydrogen (secondary N) is 3. The van der Waals surface area contributed by atoms with E-state index >= 15 is 0 Å². The molecule has 4 rings (SSSR count). The molecule has 1 aliphatic rings. The van der Waals surface area contributed by atoms with Crippen LogP contribution in [0, 0.1) is 0 Å². The Morgan fingerprint density at radius 2 is 2.08 bits per heavy atom. The van der Waals surface area contributed by atoms with Crippen LogP contribution in [0.5, 0.6) is 0 Å². The number of nitrogens with zero attached hydrogens (tertiary/aromatic N) is 3. The average Bonchev–Trinajstić information content (AvgIpc) is 3.28. The van der Waals surface area contributed by atoms with Crippen molar-refractivity contribution in [2.75, 3.05) is 18.9 Å². The number of rotatable bonds is 7. The fraction of sp³-hybridized carbons (Fsp3) is 0.231. The summed E-state index contributed by atoms with van der Waals surface area (Å²) >= 11 is 6.52. The van der Waals surface area contributed by atoms with E-state index in [1.165, 1.54) is 6.20 Å². The highest BCUT2D eigenvalue weighted by atomic mass is 35.5. The summed E-state index contributed by atoms with van der Waals surface area (Å²) in [5.41, 5.74) is 10.6. The van der Waals surface area contributed by atoms with Crippen LogP contribution in [-0.4, -0.2) is 36.7 Å². The van der Waals surface area contributed by atoms with Crippen LogP contribution in [0.2, 0.25) is 5.02 Å². The van der Waals surface area contributed by atoms with Gasteiger partial charge < -0.3 is 20.8 Å². The summed E-state index contributed by atoms with van der Waals surface area (Å²) < 4.78 is 5.97. The minimum Gasteiger partial charge on any atom is -0.423 e. The number of benzene rings is 2. The largest absolute Gasteiger partial charge is 0.423 e. The lowest BCUT2D eigenvalue weighted by atomic mass is 9.95. The summed E-state index contributed by atoms with van der Waals surface area (Å²) in [5.74, 6) is 0.0882. The van der Waals surface area contributed by atoms with Crippen LogP contribution in [0.1, 0.15) is 31.0 Å². The normalized spacial score (nSPS) is 16.3. The van der Waals surface area contributed by atoms with Gasteiger partial charge in [0.25, 0.3) is 5.91 Å². The summed E-state index contributed by atoms with van der Waals surface area (Å²) in [5, 5.41) is 9.67. The van der Waals surface area contributed by atoms with Crippen molar-refractivity contribution in [3.05, 3.63) is 81.7 Å². The van der Waals surface area contributed by atoms with E-state index in [1.54, 1.807) is 19.3 Å². The molecule has 2 heterocycles. The predicted molar refractivity (Wildman–Crippen MR) is 144 cm³/mol. The van der Waals surface area contributed by atoms with Gasteiger partial charge in [0, 0.05) is 47.9 Å². The van der Waals surface area contributed by atoms with Gasteiger partial charge in [-0.15, -0.1) is 0 Å². The van der Waals surface area contributed by atoms with Gasteiger partial charge in [-0.3, -0.25) is 15.1 Å². The molecule has 0 radical (unpaired) electrons. The molecule has 0 saturated heterocycles. The summed E-state index contributed by atoms with van der Waals surface area (Å²) in [6.45, 7) is 4.09. The molecule has 0 saturated carbocycles. The van der Waals surface area contributed by atoms with E-state index in [-0.39, 0.29) is 12.5 Å². The summed E-state index contributed by atoms with van der Waals surface area (Å²) in [6, 6.07) is 12.8. The van der Waals surface area contributed by atoms with Crippen LogP contribution >= 0.6 is 11.6 Å². The fourth-order valence-electron chi connectivity index (χ4n) is 3.99. The lowest BCUT2D eigenvalue weighted by Crippen LogP contribution is -2.39. The highest BCUT2D eigenvalue weighted by molar-refractivity contribution is 6.31. The Labute approximate surface area is 214 Å². The number of carbonyl (C=O) groups is 1. The molecule has 1 amide bonds. The molecule has 9 nitrogen and oxygen atoms in total. The second-order valence-electron chi connectivity index (χ2n) is 8.14. The van der Waals surface area contributed by atoms with Gasteiger partial charge in [0.15, 0.2) is 5.58 Å². The van der Waals surface area contributed by atoms with E-state index in [2.05, 4.69) is 32.9 Å². The van der Waals surface area contributed by atoms with Crippen molar-refractivity contribution in [3.63, 3.8) is 0 Å². The Morgan fingerprint density at radius 1 is 1.28 bits per heavy atom. The molecule has 10 heteroatoms. The Morgan fingerprint density at radius 3 is 2.81 bits per heavy atom. The second kappa shape index (κ2) is 11.1. The van der Waals surface area contributed by atoms with E-state index in [1.807, 2.05) is 43.3 Å². The topological polar surface area (TPSA) is 130 Å². The van der Waals surface area contributed by atoms with E-state index in [0.29, 0.717) is 39.4 Å². The molecule has 0 bridgehead atoms. The Bertz CT molecular complexity index is 1400. The number of nitrogens with two attached hydrogens (primary N) is 1. The lowest BCUT2D eigenvalue weighted by Gasteiger charge is -2.27. The van der Waals surface area contributed by atoms with Gasteiger partial charge in [-0.2, -0.15) is 4.98 Å². The summed E-state index contributed by atoms with van der Waals surface area (Å²) in [6.07, 6.45) is 3.82. The van der Waals surface area contributed by atoms with Crippen molar-refractivity contribution >= 4 is 46.8 Å². The molecule has 36 heavy (non-hydrogen) atoms. The maximum Gasteiger partial charge on any atom is 0.302 e. The molecule has 0 fully saturated rings. The summed E-state index contributed by atoms with van der Waals surface area (Å²) in [7, 11) is 1.64. The zero-order chi connectivity index (χ0) is 25.7. The molecule has 1 aromatic heterocycles. The van der Waals surface area contributed by atoms with Crippen LogP contribution in [0.15, 0.2) is 79.9 Å². The third-order valence-corrected chi connectivity index (χ3v) is 6.10. The van der Waals surface area contributed by atoms with Crippen molar-refractivity contribution in [2.24, 2.45) is 15.7 Å². The predicted octanol–water partition coefficient (Wildman–Crippen LogP) is 4.09. The van der Waals surface area contributed by atoms with Crippen LogP contribution in [0.4, 0.5) is 6.01 Å². The first-order chi connectivity index (χ1) is 17.4. The number of aryl methyl sites for hydroxylation is 1. The van der Waals surface area contributed by atoms with Gasteiger partial charge in [0.05, 0.1) is 5.57 Å². The number of guanidine groups is 1. The SMILES string of the molecule is CCc1cccc2nc(NC3=NC(c4ccccc4Cl)C(C(=O)NC/C(C=NC)=C/N)=C(C)N3)oc12. The summed E-state index contributed by atoms with van der Waals surface area (Å²) in [4.78, 5) is 26.6. The van der Waals surface area contributed by atoms with E-state index in [4.69, 9.17) is 26.7 Å². The first-order valence-electron chi connectivity index (χ1n) is 11.5. The lowest BCUT2D eigenvalue weighted by molar-refractivity contribution is -0.117. The first kappa shape index (κ1) is 25.0. The van der Waals surface area contributed by atoms with Gasteiger partial charge in [-0.25, -0.2) is 4.99 Å². The van der Waals surface area contributed by atoms with Gasteiger partial charge in [-0.1, -0.05) is 48.9 Å². The second-order valence-corrected chi connectivity index (χ2v) is 8.55. The van der Waals surface area contributed by atoms with Gasteiger partial charge in [-0.05, 0) is 31.0 Å². The molecule has 2 aromatic carbocycles. The molecular weight excluding hydrogens is 478 g/mol. The maximum atomic E-state index is 13.3. The quantitative estimate of drug-likeness (QED) is 0.358. The fourth-order valence-corrected chi connectivity index (χ4v) is 4.23. The number of hydrogen-bond donors (Lipinski definition) is 4. The highest BCUT2D eigenvalue weighted by Crippen LogP contribution is 2.35. The van der Waals surface area contributed by atoms with E-state index < -0.39 is 6.04 Å². The molecule has 1 aliphatic heterocycles. The molecule has 0 spiro atoms. The number of fused-ring (bicyclic) bond motifs is 1. The third kappa shape index (κ3) is 5.26. The van der Waals surface area contributed by atoms with Crippen LogP contribution in [0.3, 0.4) is 0 Å². The van der Waals surface area contributed by atoms with Gasteiger partial charge in [0.2, 0.25) is 5.96 Å². The monoisotopic (exact) mass is 505 g/mol. The Balaban J connectivity index is 1.66. The zero-order valence-corrected chi connectivity index (χ0v) is 21.1. The Hall–Kier alpha value is -4.11.